The molecule has 0 saturated carbocycles. The van der Waals surface area contributed by atoms with Crippen molar-refractivity contribution >= 4 is 11.6 Å². The summed E-state index contributed by atoms with van der Waals surface area (Å²) in [5.41, 5.74) is 2.94. The predicted molar refractivity (Wildman–Crippen MR) is 102 cm³/mol. The van der Waals surface area contributed by atoms with E-state index in [9.17, 15) is 4.39 Å². The van der Waals surface area contributed by atoms with Gasteiger partial charge in [0.25, 0.3) is 0 Å². The Balaban J connectivity index is 1.90. The summed E-state index contributed by atoms with van der Waals surface area (Å²) in [6, 6.07) is 15.1. The van der Waals surface area contributed by atoms with Gasteiger partial charge in [-0.1, -0.05) is 63.6 Å². The summed E-state index contributed by atoms with van der Waals surface area (Å²) in [4.78, 5) is 0. The second-order valence-electron chi connectivity index (χ2n) is 8.18. The fraction of sp³-hybridized carbons (Fsp3) is 0.455. The van der Waals surface area contributed by atoms with Crippen LogP contribution < -0.4 is 0 Å². The number of rotatable bonds is 7. The van der Waals surface area contributed by atoms with Gasteiger partial charge in [0.2, 0.25) is 0 Å². The van der Waals surface area contributed by atoms with E-state index in [1.54, 1.807) is 12.1 Å². The molecule has 0 saturated heterocycles. The Morgan fingerprint density at radius 3 is 1.96 bits per heavy atom. The van der Waals surface area contributed by atoms with Gasteiger partial charge in [0, 0.05) is 5.02 Å². The summed E-state index contributed by atoms with van der Waals surface area (Å²) in [5, 5.41) is 0.786. The summed E-state index contributed by atoms with van der Waals surface area (Å²) < 4.78 is 13.0. The highest BCUT2D eigenvalue weighted by Gasteiger charge is 2.25. The second-order valence-corrected chi connectivity index (χ2v) is 8.62. The molecule has 0 unspecified atom stereocenters. The Morgan fingerprint density at radius 2 is 1.38 bits per heavy atom. The lowest BCUT2D eigenvalue weighted by atomic mass is 9.73. The molecule has 0 amide bonds. The molecule has 0 atom stereocenters. The van der Waals surface area contributed by atoms with Gasteiger partial charge in [-0.25, -0.2) is 4.39 Å². The molecule has 130 valence electrons. The molecule has 2 aromatic rings. The maximum atomic E-state index is 13.0. The minimum absolute atomic E-state index is 0.137. The largest absolute Gasteiger partial charge is 0.207 e. The van der Waals surface area contributed by atoms with Gasteiger partial charge >= 0.3 is 0 Å². The molecule has 2 aromatic carbocycles. The molecule has 2 rings (SSSR count). The minimum Gasteiger partial charge on any atom is -0.207 e. The Labute approximate surface area is 151 Å². The van der Waals surface area contributed by atoms with Crippen LogP contribution in [0.2, 0.25) is 5.02 Å². The van der Waals surface area contributed by atoms with E-state index in [0.717, 1.165) is 30.7 Å². The lowest BCUT2D eigenvalue weighted by molar-refractivity contribution is 0.267. The highest BCUT2D eigenvalue weighted by Crippen LogP contribution is 2.36. The zero-order chi connectivity index (χ0) is 17.8. The van der Waals surface area contributed by atoms with Crippen LogP contribution in [-0.4, -0.2) is 0 Å². The molecule has 0 aliphatic heterocycles. The molecule has 0 aliphatic rings. The molecule has 0 nitrogen and oxygen atoms in total. The lowest BCUT2D eigenvalue weighted by Gasteiger charge is -2.32. The zero-order valence-electron chi connectivity index (χ0n) is 15.2. The highest BCUT2D eigenvalue weighted by atomic mass is 35.5. The van der Waals surface area contributed by atoms with Crippen molar-refractivity contribution in [2.24, 2.45) is 5.41 Å². The summed E-state index contributed by atoms with van der Waals surface area (Å²) in [7, 11) is 0. The normalized spacial score (nSPS) is 12.4. The number of hydrogen-bond acceptors (Lipinski definition) is 0. The van der Waals surface area contributed by atoms with Crippen LogP contribution in [0.1, 0.15) is 58.1 Å². The van der Waals surface area contributed by atoms with Crippen LogP contribution in [-0.2, 0) is 11.8 Å². The van der Waals surface area contributed by atoms with Crippen LogP contribution in [0, 0.1) is 11.2 Å². The van der Waals surface area contributed by atoms with Gasteiger partial charge < -0.3 is 0 Å². The topological polar surface area (TPSA) is 0 Å². The molecule has 2 heteroatoms. The standard InChI is InChI=1S/C22H28ClF/c1-21(2,14-13-17-5-11-20(24)12-6-17)15-16-22(3,4)18-7-9-19(23)10-8-18/h5-12H,13-16H2,1-4H3. The van der Waals surface area contributed by atoms with Crippen molar-refractivity contribution in [3.05, 3.63) is 70.5 Å². The third-order valence-corrected chi connectivity index (χ3v) is 5.31. The number of benzene rings is 2. The van der Waals surface area contributed by atoms with E-state index >= 15 is 0 Å². The smallest absolute Gasteiger partial charge is 0.123 e. The van der Waals surface area contributed by atoms with Crippen LogP contribution in [0.25, 0.3) is 0 Å². The zero-order valence-corrected chi connectivity index (χ0v) is 16.0. The van der Waals surface area contributed by atoms with E-state index < -0.39 is 0 Å². The van der Waals surface area contributed by atoms with Gasteiger partial charge in [0.1, 0.15) is 5.82 Å². The number of halogens is 2. The molecule has 0 spiro atoms. The predicted octanol–water partition coefficient (Wildman–Crippen LogP) is 7.20. The molecular formula is C22H28ClF. The Bertz CT molecular complexity index is 639. The van der Waals surface area contributed by atoms with Crippen molar-refractivity contribution in [2.45, 2.75) is 58.8 Å². The fourth-order valence-corrected chi connectivity index (χ4v) is 3.08. The molecule has 24 heavy (non-hydrogen) atoms. The molecule has 0 bridgehead atoms. The van der Waals surface area contributed by atoms with E-state index in [2.05, 4.69) is 39.8 Å². The molecule has 0 radical (unpaired) electrons. The van der Waals surface area contributed by atoms with E-state index in [1.165, 1.54) is 11.1 Å². The monoisotopic (exact) mass is 346 g/mol. The van der Waals surface area contributed by atoms with Crippen LogP contribution in [0.3, 0.4) is 0 Å². The maximum absolute atomic E-state index is 13.0. The molecule has 0 N–H and O–H groups in total. The maximum Gasteiger partial charge on any atom is 0.123 e. The average molecular weight is 347 g/mol. The first-order chi connectivity index (χ1) is 11.2. The van der Waals surface area contributed by atoms with Crippen molar-refractivity contribution in [3.8, 4) is 0 Å². The van der Waals surface area contributed by atoms with E-state index in [4.69, 9.17) is 11.6 Å². The van der Waals surface area contributed by atoms with Crippen molar-refractivity contribution in [2.75, 3.05) is 0 Å². The van der Waals surface area contributed by atoms with Gasteiger partial charge in [-0.15, -0.1) is 0 Å². The van der Waals surface area contributed by atoms with E-state index in [0.29, 0.717) is 0 Å². The average Bonchev–Trinajstić information content (AvgIpc) is 2.53. The lowest BCUT2D eigenvalue weighted by Crippen LogP contribution is -2.22. The van der Waals surface area contributed by atoms with Crippen LogP contribution in [0.15, 0.2) is 48.5 Å². The molecule has 0 aliphatic carbocycles. The Hall–Kier alpha value is -1.34. The minimum atomic E-state index is -0.164. The summed E-state index contributed by atoms with van der Waals surface area (Å²) in [6.45, 7) is 9.25. The van der Waals surface area contributed by atoms with Gasteiger partial charge in [0.15, 0.2) is 0 Å². The van der Waals surface area contributed by atoms with Crippen molar-refractivity contribution in [1.82, 2.24) is 0 Å². The van der Waals surface area contributed by atoms with Gasteiger partial charge in [0.05, 0.1) is 0 Å². The van der Waals surface area contributed by atoms with Gasteiger partial charge in [-0.2, -0.15) is 0 Å². The quantitative estimate of drug-likeness (QED) is 0.497. The van der Waals surface area contributed by atoms with Crippen LogP contribution in [0.4, 0.5) is 4.39 Å². The SMILES string of the molecule is CC(C)(CCc1ccc(F)cc1)CCC(C)(C)c1ccc(Cl)cc1. The van der Waals surface area contributed by atoms with Crippen LogP contribution in [0.5, 0.6) is 0 Å². The van der Waals surface area contributed by atoms with Crippen molar-refractivity contribution in [1.29, 1.82) is 0 Å². The molecular weight excluding hydrogens is 319 g/mol. The van der Waals surface area contributed by atoms with E-state index in [1.807, 2.05) is 24.3 Å². The van der Waals surface area contributed by atoms with Crippen molar-refractivity contribution < 1.29 is 4.39 Å². The van der Waals surface area contributed by atoms with Gasteiger partial charge in [-0.05, 0) is 71.9 Å². The second kappa shape index (κ2) is 7.70. The first kappa shape index (κ1) is 19.0. The van der Waals surface area contributed by atoms with Gasteiger partial charge in [-0.3, -0.25) is 0 Å². The van der Waals surface area contributed by atoms with Crippen molar-refractivity contribution in [3.63, 3.8) is 0 Å². The highest BCUT2D eigenvalue weighted by molar-refractivity contribution is 6.30. The Morgan fingerprint density at radius 1 is 0.792 bits per heavy atom. The fourth-order valence-electron chi connectivity index (χ4n) is 2.96. The first-order valence-corrected chi connectivity index (χ1v) is 9.06. The number of hydrogen-bond donors (Lipinski definition) is 0. The first-order valence-electron chi connectivity index (χ1n) is 8.68. The third kappa shape index (κ3) is 5.63. The summed E-state index contributed by atoms with van der Waals surface area (Å²) in [5.74, 6) is -0.164. The Kier molecular flexibility index (Phi) is 6.09. The van der Waals surface area contributed by atoms with E-state index in [-0.39, 0.29) is 16.6 Å². The number of aryl methyl sites for hydroxylation is 1. The van der Waals surface area contributed by atoms with Crippen LogP contribution >= 0.6 is 11.6 Å². The summed E-state index contributed by atoms with van der Waals surface area (Å²) >= 11 is 6.00. The molecule has 0 fully saturated rings. The molecule has 0 heterocycles. The third-order valence-electron chi connectivity index (χ3n) is 5.06. The summed E-state index contributed by atoms with van der Waals surface area (Å²) in [6.07, 6.45) is 4.39. The molecule has 0 aromatic heterocycles.